The van der Waals surface area contributed by atoms with Crippen LogP contribution in [0.1, 0.15) is 285 Å². The van der Waals surface area contributed by atoms with Crippen molar-refractivity contribution in [3.8, 4) is 0 Å². The van der Waals surface area contributed by atoms with Gasteiger partial charge < -0.3 is 14.3 Å². The Kier molecular flexibility index (Phi) is 42.6. The Morgan fingerprint density at radius 1 is 0.590 bits per heavy atom. The largest absolute Gasteiger partial charge is 0.472 e. The number of esters is 1. The van der Waals surface area contributed by atoms with E-state index in [-0.39, 0.29) is 40.3 Å². The van der Waals surface area contributed by atoms with Gasteiger partial charge in [0.05, 0.1) is 42.4 Å². The van der Waals surface area contributed by atoms with E-state index >= 15 is 0 Å². The average molecular weight is 1720 g/mol. The van der Waals surface area contributed by atoms with Gasteiger partial charge in [0.15, 0.2) is 0 Å². The molecule has 7 aromatic rings. The monoisotopic (exact) mass is 1710 g/mol. The Hall–Kier alpha value is -6.75. The zero-order valence-corrected chi connectivity index (χ0v) is 73.8. The second-order valence-corrected chi connectivity index (χ2v) is 36.3. The summed E-state index contributed by atoms with van der Waals surface area (Å²) in [7, 11) is 1.97. The third-order valence-electron chi connectivity index (χ3n) is 18.0. The number of aliphatic hydroxyl groups is 1. The fourth-order valence-corrected chi connectivity index (χ4v) is 11.8. The molecule has 117 heavy (non-hydrogen) atoms. The SMILES string of the molecule is CC(=O)OC(C)(C)C(C)C.CC(C)(C)CC1CC1.CC(C)(C)c1ccccc1C(F)(F)F.CC(C)(C)c1csc2ccccc12.CC(C)CC(O)(C(F)(F)F)C(F)(F)F.CC(C)CN1CC(F)(F)C(F)(F)C1.CC(C)c1cc(C(F)(F)F)ccc1F.CC(C)c1ccc(C(F)(F)F)nc1.CC(C)c1ccoc1.Cc1cc(C(C)C)nn1C. The van der Waals surface area contributed by atoms with Gasteiger partial charge in [0.25, 0.3) is 5.60 Å². The minimum absolute atomic E-state index is 0.0971. The van der Waals surface area contributed by atoms with Gasteiger partial charge in [-0.2, -0.15) is 88.5 Å². The maximum absolute atomic E-state index is 13.0. The molecule has 3 aromatic carbocycles. The van der Waals surface area contributed by atoms with E-state index in [4.69, 9.17) is 14.3 Å². The quantitative estimate of drug-likeness (QED) is 0.102. The van der Waals surface area contributed by atoms with Crippen molar-refractivity contribution in [2.24, 2.45) is 36.1 Å². The molecule has 668 valence electrons. The molecule has 1 aliphatic heterocycles. The summed E-state index contributed by atoms with van der Waals surface area (Å²) in [5.74, 6) is -6.77. The van der Waals surface area contributed by atoms with E-state index in [1.54, 1.807) is 53.2 Å². The van der Waals surface area contributed by atoms with Crippen LogP contribution in [0.5, 0.6) is 0 Å². The van der Waals surface area contributed by atoms with E-state index in [2.05, 4.69) is 122 Å². The highest BCUT2D eigenvalue weighted by molar-refractivity contribution is 7.17. The van der Waals surface area contributed by atoms with Gasteiger partial charge in [-0.3, -0.25) is 19.4 Å². The standard InChI is InChI=1S/C12H14S.C11H13F3.C10H10F4.C9H10F3N.C8H13F4N.C8H14N2.C8H16O2.C8H16.C7H10F6O.C7H10O/c1-12(2,3)10-8-13-11-7-5-4-6-9(10)11;1-10(2,3)8-6-4-5-7-9(8)11(12,13)14;1-6(2)8-5-7(10(12,13)14)3-4-9(8)11;1-6(2)7-3-4-8(13-5-7)9(10,11)12;1-6(2)3-13-4-7(9,10)8(11,12)5-13;1-6(2)8-5-7(3)10(4)9-8;1-6(2)8(4,5)10-7(3)9;1-8(2,3)6-7-4-5-7;1-4(2)3-5(14,6(8,9)10)7(11,12)13;1-6(2)7-3-4-8-5-7/h4-8H,1-3H3;4-7H,1-3H3;3-6H,1-2H3;3-6H,1-2H3;6H,3-5H2,1-2H3;5-6H,1-4H3;6H,1-5H3;7H,4-6H2,1-3H3;4,14H,3H2,1-2H3;3-6H,1-2H3. The first-order valence-corrected chi connectivity index (χ1v) is 39.5. The van der Waals surface area contributed by atoms with E-state index in [9.17, 15) is 92.6 Å². The lowest BCUT2D eigenvalue weighted by atomic mass is 9.83. The second kappa shape index (κ2) is 45.2. The number of furan rings is 1. The van der Waals surface area contributed by atoms with Crippen molar-refractivity contribution in [1.29, 1.82) is 0 Å². The molecule has 1 saturated heterocycles. The molecule has 29 heteroatoms. The Balaban J connectivity index is 0.00000128. The highest BCUT2D eigenvalue weighted by Gasteiger charge is 2.70. The number of pyridine rings is 1. The van der Waals surface area contributed by atoms with Crippen molar-refractivity contribution >= 4 is 27.4 Å². The Morgan fingerprint density at radius 3 is 1.37 bits per heavy atom. The molecule has 1 saturated carbocycles. The molecular weight excluding hydrogens is 1590 g/mol. The number of benzene rings is 3. The van der Waals surface area contributed by atoms with Crippen LogP contribution in [0.3, 0.4) is 0 Å². The molecule has 1 N–H and O–H groups in total. The van der Waals surface area contributed by atoms with Crippen LogP contribution in [0.25, 0.3) is 10.1 Å². The molecule has 9 rings (SSSR count). The molecule has 4 aromatic heterocycles. The zero-order valence-electron chi connectivity index (χ0n) is 73.0. The van der Waals surface area contributed by atoms with E-state index in [1.165, 1.54) is 97.0 Å². The van der Waals surface area contributed by atoms with Crippen LogP contribution in [-0.4, -0.2) is 85.8 Å². The number of halogens is 20. The van der Waals surface area contributed by atoms with Crippen molar-refractivity contribution in [3.63, 3.8) is 0 Å². The fraction of sp³-hybridized carbons (Fsp3) is 0.625. The lowest BCUT2D eigenvalue weighted by Gasteiger charge is -2.33. The van der Waals surface area contributed by atoms with Gasteiger partial charge in [-0.25, -0.2) is 4.39 Å². The molecule has 0 atom stereocenters. The first kappa shape index (κ1) is 110. The summed E-state index contributed by atoms with van der Waals surface area (Å²) in [4.78, 5) is 15.0. The molecular formula is C88H126F20N4O4S. The maximum atomic E-state index is 13.0. The van der Waals surface area contributed by atoms with E-state index in [0.29, 0.717) is 35.3 Å². The van der Waals surface area contributed by atoms with Crippen LogP contribution in [-0.2, 0) is 45.9 Å². The summed E-state index contributed by atoms with van der Waals surface area (Å²) in [5.41, 5.74) is -0.346. The Morgan fingerprint density at radius 2 is 1.08 bits per heavy atom. The molecule has 5 heterocycles. The van der Waals surface area contributed by atoms with Crippen molar-refractivity contribution in [3.05, 3.63) is 177 Å². The van der Waals surface area contributed by atoms with E-state index in [0.717, 1.165) is 46.7 Å². The van der Waals surface area contributed by atoms with Crippen LogP contribution >= 0.6 is 11.3 Å². The molecule has 0 amide bonds. The highest BCUT2D eigenvalue weighted by Crippen LogP contribution is 2.47. The summed E-state index contributed by atoms with van der Waals surface area (Å²) < 4.78 is 259. The van der Waals surface area contributed by atoms with Crippen LogP contribution in [0.4, 0.5) is 87.8 Å². The number of carbonyl (C=O) groups is 1. The third-order valence-corrected chi connectivity index (χ3v) is 19.0. The predicted octanol–water partition coefficient (Wildman–Crippen LogP) is 29.6. The van der Waals surface area contributed by atoms with Crippen LogP contribution in [0, 0.1) is 41.8 Å². The first-order valence-electron chi connectivity index (χ1n) is 38.7. The van der Waals surface area contributed by atoms with Gasteiger partial charge in [0.2, 0.25) is 0 Å². The zero-order chi connectivity index (χ0) is 91.8. The molecule has 0 bridgehead atoms. The number of rotatable bonds is 11. The molecule has 0 unspecified atom stereocenters. The van der Waals surface area contributed by atoms with Crippen molar-refractivity contribution in [2.45, 2.75) is 301 Å². The summed E-state index contributed by atoms with van der Waals surface area (Å²) in [6.45, 7) is 50.8. The topological polar surface area (TPSA) is 93.6 Å². The summed E-state index contributed by atoms with van der Waals surface area (Å²) >= 11 is 1.84. The maximum Gasteiger partial charge on any atom is 0.433 e. The number of alkyl halides is 19. The van der Waals surface area contributed by atoms with Crippen LogP contribution < -0.4 is 0 Å². The molecule has 0 radical (unpaired) electrons. The highest BCUT2D eigenvalue weighted by atomic mass is 32.1. The number of hydrogen-bond acceptors (Lipinski definition) is 8. The van der Waals surface area contributed by atoms with Gasteiger partial charge >= 0.3 is 48.7 Å². The first-order chi connectivity index (χ1) is 52.6. The van der Waals surface area contributed by atoms with E-state index < -0.39 is 102 Å². The van der Waals surface area contributed by atoms with Crippen LogP contribution in [0.15, 0.2) is 120 Å². The summed E-state index contributed by atoms with van der Waals surface area (Å²) in [5, 5.41) is 16.6. The number of thiophene rings is 1. The second-order valence-electron chi connectivity index (χ2n) is 35.4. The molecule has 2 aliphatic rings. The third kappa shape index (κ3) is 40.0. The average Bonchev–Trinajstić information content (AvgIpc) is 1.77. The summed E-state index contributed by atoms with van der Waals surface area (Å²) in [6.07, 6.45) is -16.6. The van der Waals surface area contributed by atoms with Gasteiger partial charge in [-0.1, -0.05) is 215 Å². The lowest BCUT2D eigenvalue weighted by molar-refractivity contribution is -0.372. The number of aromatic nitrogens is 3. The number of carbonyl (C=O) groups excluding carboxylic acids is 1. The number of aryl methyl sites for hydroxylation is 2. The van der Waals surface area contributed by atoms with Gasteiger partial charge in [-0.05, 0) is 184 Å². The van der Waals surface area contributed by atoms with E-state index in [1.807, 2.05) is 84.5 Å². The normalized spacial score (nSPS) is 14.6. The van der Waals surface area contributed by atoms with Gasteiger partial charge in [0.1, 0.15) is 17.1 Å². The molecule has 0 spiro atoms. The number of likely N-dealkylation sites (tertiary alicyclic amines) is 1. The van der Waals surface area contributed by atoms with Crippen LogP contribution in [0.2, 0.25) is 0 Å². The Labute approximate surface area is 684 Å². The predicted molar refractivity (Wildman–Crippen MR) is 429 cm³/mol. The van der Waals surface area contributed by atoms with Crippen molar-refractivity contribution < 1.29 is 107 Å². The fourth-order valence-electron chi connectivity index (χ4n) is 10.6. The van der Waals surface area contributed by atoms with Crippen molar-refractivity contribution in [1.82, 2.24) is 19.7 Å². The molecule has 2 fully saturated rings. The number of nitrogens with zero attached hydrogens (tertiary/aromatic N) is 4. The minimum atomic E-state index is -5.70. The molecule has 8 nitrogen and oxygen atoms in total. The Bertz CT molecular complexity index is 3890. The number of fused-ring (bicyclic) bond motifs is 1. The van der Waals surface area contributed by atoms with Gasteiger partial charge in [0, 0.05) is 37.1 Å². The van der Waals surface area contributed by atoms with Crippen molar-refractivity contribution in [2.75, 3.05) is 19.6 Å². The number of hydrogen-bond donors (Lipinski definition) is 1. The smallest absolute Gasteiger partial charge is 0.433 e. The van der Waals surface area contributed by atoms with Gasteiger partial charge in [-0.15, -0.1) is 11.3 Å². The summed E-state index contributed by atoms with van der Waals surface area (Å²) in [6, 6.07) is 23.4. The number of ether oxygens (including phenoxy) is 1. The lowest BCUT2D eigenvalue weighted by Crippen LogP contribution is -2.57. The minimum Gasteiger partial charge on any atom is -0.472 e. The molecule has 1 aliphatic carbocycles.